The fourth-order valence-corrected chi connectivity index (χ4v) is 5.83. The summed E-state index contributed by atoms with van der Waals surface area (Å²) in [5.41, 5.74) is 1.84. The number of carbonyl (C=O) groups is 1. The predicted molar refractivity (Wildman–Crippen MR) is 139 cm³/mol. The molecule has 0 aromatic heterocycles. The van der Waals surface area contributed by atoms with Gasteiger partial charge in [-0.2, -0.15) is 0 Å². The van der Waals surface area contributed by atoms with Crippen molar-refractivity contribution in [1.29, 1.82) is 0 Å². The number of nitrogens with one attached hydrogen (secondary N) is 3. The lowest BCUT2D eigenvalue weighted by molar-refractivity contribution is 0.0383. The van der Waals surface area contributed by atoms with E-state index in [1.807, 2.05) is 20.8 Å². The molecule has 10 heteroatoms. The average molecular weight is 517 g/mol. The molecule has 1 saturated heterocycles. The first kappa shape index (κ1) is 26.6. The number of benzene rings is 2. The second-order valence-corrected chi connectivity index (χ2v) is 11.6. The van der Waals surface area contributed by atoms with Crippen LogP contribution in [-0.4, -0.2) is 75.4 Å². The van der Waals surface area contributed by atoms with Crippen LogP contribution in [0.5, 0.6) is 0 Å². The van der Waals surface area contributed by atoms with Crippen molar-refractivity contribution in [2.75, 3.05) is 44.7 Å². The minimum absolute atomic E-state index is 0.127. The van der Waals surface area contributed by atoms with Gasteiger partial charge in [0.05, 0.1) is 35.8 Å². The highest BCUT2D eigenvalue weighted by molar-refractivity contribution is 7.89. The van der Waals surface area contributed by atoms with Crippen molar-refractivity contribution in [1.82, 2.24) is 14.9 Å². The Morgan fingerprint density at radius 1 is 1.17 bits per heavy atom. The van der Waals surface area contributed by atoms with Crippen LogP contribution in [0.1, 0.15) is 48.3 Å². The van der Waals surface area contributed by atoms with Crippen LogP contribution in [0, 0.1) is 0 Å². The van der Waals surface area contributed by atoms with Crippen LogP contribution >= 0.6 is 0 Å². The molecule has 0 bridgehead atoms. The Labute approximate surface area is 213 Å². The number of ether oxygens (including phenoxy) is 1. The minimum atomic E-state index is -3.92. The highest BCUT2D eigenvalue weighted by Gasteiger charge is 2.43. The van der Waals surface area contributed by atoms with Gasteiger partial charge in [-0.05, 0) is 61.7 Å². The van der Waals surface area contributed by atoms with Crippen molar-refractivity contribution in [2.24, 2.45) is 0 Å². The third-order valence-corrected chi connectivity index (χ3v) is 8.36. The summed E-state index contributed by atoms with van der Waals surface area (Å²) in [5.74, 6) is -0.248. The zero-order chi connectivity index (χ0) is 25.9. The van der Waals surface area contributed by atoms with Crippen LogP contribution in [0.15, 0.2) is 47.4 Å². The molecule has 0 unspecified atom stereocenters. The average Bonchev–Trinajstić information content (AvgIpc) is 2.87. The third-order valence-electron chi connectivity index (χ3n) is 6.90. The van der Waals surface area contributed by atoms with Crippen molar-refractivity contribution >= 4 is 21.6 Å². The summed E-state index contributed by atoms with van der Waals surface area (Å²) in [5, 5.41) is 17.4. The molecule has 9 nitrogen and oxygen atoms in total. The molecule has 4 N–H and O–H groups in total. The number of aryl methyl sites for hydroxylation is 1. The largest absolute Gasteiger partial charge is 0.389 e. The Morgan fingerprint density at radius 2 is 1.86 bits per heavy atom. The van der Waals surface area contributed by atoms with E-state index < -0.39 is 27.7 Å². The lowest BCUT2D eigenvalue weighted by atomic mass is 9.82. The lowest BCUT2D eigenvalue weighted by Gasteiger charge is -2.43. The van der Waals surface area contributed by atoms with Gasteiger partial charge in [-0.3, -0.25) is 9.69 Å². The van der Waals surface area contributed by atoms with E-state index in [2.05, 4.69) is 20.3 Å². The van der Waals surface area contributed by atoms with Gasteiger partial charge in [-0.1, -0.05) is 19.1 Å². The van der Waals surface area contributed by atoms with Crippen molar-refractivity contribution in [3.63, 3.8) is 0 Å². The minimum Gasteiger partial charge on any atom is -0.389 e. The SMILES string of the molecule is CCc1ccc(S(=O)(=O)N[C@@H]2c3cc(C(=O)NCCN4CCOCC4)ccc3NC(C)(C)[C@H]2O)cc1. The highest BCUT2D eigenvalue weighted by Crippen LogP contribution is 2.39. The first-order valence-corrected chi connectivity index (χ1v) is 13.9. The summed E-state index contributed by atoms with van der Waals surface area (Å²) in [4.78, 5) is 15.2. The first-order valence-electron chi connectivity index (χ1n) is 12.4. The van der Waals surface area contributed by atoms with Crippen LogP contribution in [0.2, 0.25) is 0 Å². The molecule has 2 heterocycles. The number of anilines is 1. The number of morpholine rings is 1. The number of nitrogens with zero attached hydrogens (tertiary/aromatic N) is 1. The fourth-order valence-electron chi connectivity index (χ4n) is 4.60. The van der Waals surface area contributed by atoms with Crippen molar-refractivity contribution in [2.45, 2.75) is 49.8 Å². The molecule has 1 fully saturated rings. The molecule has 2 aliphatic heterocycles. The molecule has 0 spiro atoms. The molecule has 2 aliphatic rings. The van der Waals surface area contributed by atoms with Crippen molar-refractivity contribution < 1.29 is 23.1 Å². The van der Waals surface area contributed by atoms with Crippen LogP contribution in [0.4, 0.5) is 5.69 Å². The van der Waals surface area contributed by atoms with Crippen LogP contribution < -0.4 is 15.4 Å². The quantitative estimate of drug-likeness (QED) is 0.423. The number of aliphatic hydroxyl groups is 1. The maximum atomic E-state index is 13.2. The van der Waals surface area contributed by atoms with E-state index in [4.69, 9.17) is 4.74 Å². The van der Waals surface area contributed by atoms with Gasteiger partial charge in [0.2, 0.25) is 10.0 Å². The topological polar surface area (TPSA) is 120 Å². The second kappa shape index (κ2) is 10.9. The first-order chi connectivity index (χ1) is 17.1. The van der Waals surface area contributed by atoms with Gasteiger partial charge in [0.15, 0.2) is 0 Å². The number of hydrogen-bond acceptors (Lipinski definition) is 7. The molecule has 4 rings (SSSR count). The lowest BCUT2D eigenvalue weighted by Crippen LogP contribution is -2.54. The molecular formula is C26H36N4O5S. The van der Waals surface area contributed by atoms with Crippen molar-refractivity contribution in [3.8, 4) is 0 Å². The summed E-state index contributed by atoms with van der Waals surface area (Å²) in [6.45, 7) is 9.93. The van der Waals surface area contributed by atoms with Gasteiger partial charge in [0.1, 0.15) is 0 Å². The number of amides is 1. The standard InChI is InChI=1S/C26H36N4O5S/c1-4-18-5-8-20(9-6-18)36(33,34)29-23-21-17-19(7-10-22(21)28-26(2,3)24(23)31)25(32)27-11-12-30-13-15-35-16-14-30/h5-10,17,23-24,28-29,31H,4,11-16H2,1-3H3,(H,27,32)/t23-,24+/m1/s1. The number of hydrogen-bond donors (Lipinski definition) is 4. The van der Waals surface area contributed by atoms with Gasteiger partial charge < -0.3 is 20.5 Å². The van der Waals surface area contributed by atoms with Crippen LogP contribution in [-0.2, 0) is 21.2 Å². The summed E-state index contributed by atoms with van der Waals surface area (Å²) >= 11 is 0. The third kappa shape index (κ3) is 5.90. The zero-order valence-electron chi connectivity index (χ0n) is 21.1. The van der Waals surface area contributed by atoms with E-state index in [9.17, 15) is 18.3 Å². The summed E-state index contributed by atoms with van der Waals surface area (Å²) < 4.78 is 34.5. The molecule has 1 amide bonds. The summed E-state index contributed by atoms with van der Waals surface area (Å²) in [7, 11) is -3.92. The van der Waals surface area contributed by atoms with Crippen molar-refractivity contribution in [3.05, 3.63) is 59.2 Å². The van der Waals surface area contributed by atoms with E-state index in [-0.39, 0.29) is 10.8 Å². The Balaban J connectivity index is 1.54. The smallest absolute Gasteiger partial charge is 0.251 e. The molecule has 2 atom stereocenters. The highest BCUT2D eigenvalue weighted by atomic mass is 32.2. The monoisotopic (exact) mass is 516 g/mol. The van der Waals surface area contributed by atoms with Gasteiger partial charge in [0.25, 0.3) is 5.91 Å². The van der Waals surface area contributed by atoms with E-state index in [1.165, 1.54) is 0 Å². The molecule has 0 radical (unpaired) electrons. The fraction of sp³-hybridized carbons (Fsp3) is 0.500. The Bertz CT molecular complexity index is 1180. The molecular weight excluding hydrogens is 480 g/mol. The summed E-state index contributed by atoms with van der Waals surface area (Å²) in [6, 6.07) is 10.9. The Hall–Kier alpha value is -2.50. The van der Waals surface area contributed by atoms with Gasteiger partial charge in [0, 0.05) is 37.4 Å². The number of aliphatic hydroxyl groups excluding tert-OH is 1. The molecule has 2 aromatic rings. The number of rotatable bonds is 8. The molecule has 0 aliphatic carbocycles. The van der Waals surface area contributed by atoms with Crippen LogP contribution in [0.3, 0.4) is 0 Å². The molecule has 0 saturated carbocycles. The van der Waals surface area contributed by atoms with E-state index in [0.29, 0.717) is 36.6 Å². The van der Waals surface area contributed by atoms with E-state index in [0.717, 1.165) is 31.6 Å². The zero-order valence-corrected chi connectivity index (χ0v) is 21.9. The molecule has 196 valence electrons. The van der Waals surface area contributed by atoms with Gasteiger partial charge in [-0.25, -0.2) is 13.1 Å². The summed E-state index contributed by atoms with van der Waals surface area (Å²) in [6.07, 6.45) is -0.270. The molecule has 2 aromatic carbocycles. The maximum absolute atomic E-state index is 13.2. The van der Waals surface area contributed by atoms with E-state index in [1.54, 1.807) is 42.5 Å². The Kier molecular flexibility index (Phi) is 8.01. The van der Waals surface area contributed by atoms with Crippen LogP contribution in [0.25, 0.3) is 0 Å². The van der Waals surface area contributed by atoms with Gasteiger partial charge in [-0.15, -0.1) is 0 Å². The Morgan fingerprint density at radius 3 is 2.53 bits per heavy atom. The number of sulfonamides is 1. The maximum Gasteiger partial charge on any atom is 0.251 e. The number of fused-ring (bicyclic) bond motifs is 1. The van der Waals surface area contributed by atoms with Gasteiger partial charge >= 0.3 is 0 Å². The number of carbonyl (C=O) groups excluding carboxylic acids is 1. The van der Waals surface area contributed by atoms with E-state index >= 15 is 0 Å². The predicted octanol–water partition coefficient (Wildman–Crippen LogP) is 1.90. The molecule has 36 heavy (non-hydrogen) atoms. The second-order valence-electron chi connectivity index (χ2n) is 9.90. The normalized spacial score (nSPS) is 21.9.